The van der Waals surface area contributed by atoms with E-state index in [0.29, 0.717) is 27.6 Å². The summed E-state index contributed by atoms with van der Waals surface area (Å²) in [6.07, 6.45) is 1.51. The zero-order valence-corrected chi connectivity index (χ0v) is 18.7. The average Bonchev–Trinajstić information content (AvgIpc) is 3.56. The molecule has 3 N–H and O–H groups in total. The van der Waals surface area contributed by atoms with Crippen LogP contribution >= 0.6 is 11.3 Å². The van der Waals surface area contributed by atoms with Crippen LogP contribution in [0, 0.1) is 0 Å². The number of H-pyrrole nitrogens is 1. The second-order valence-corrected chi connectivity index (χ2v) is 8.27. The lowest BCUT2D eigenvalue weighted by atomic mass is 10.1. The van der Waals surface area contributed by atoms with Crippen LogP contribution in [0.25, 0.3) is 22.5 Å². The highest BCUT2D eigenvalue weighted by Crippen LogP contribution is 2.27. The van der Waals surface area contributed by atoms with Gasteiger partial charge in [-0.1, -0.05) is 60.7 Å². The van der Waals surface area contributed by atoms with E-state index in [9.17, 15) is 9.59 Å². The van der Waals surface area contributed by atoms with Crippen molar-refractivity contribution >= 4 is 34.0 Å². The summed E-state index contributed by atoms with van der Waals surface area (Å²) < 4.78 is 0. The predicted octanol–water partition coefficient (Wildman–Crippen LogP) is 5.70. The van der Waals surface area contributed by atoms with Crippen LogP contribution < -0.4 is 10.6 Å². The SMILES string of the molecule is O=C(Nc1ccc(-c2csc(NC(=O)c3cn[nH]c3-c3ccccc3)n2)cc1)c1ccccc1. The average molecular weight is 466 g/mol. The molecule has 3 aromatic carbocycles. The molecule has 2 aromatic heterocycles. The Morgan fingerprint density at radius 3 is 2.21 bits per heavy atom. The van der Waals surface area contributed by atoms with Gasteiger partial charge in [0, 0.05) is 27.8 Å². The number of rotatable bonds is 6. The second kappa shape index (κ2) is 9.51. The molecule has 0 fully saturated rings. The number of aromatic nitrogens is 3. The van der Waals surface area contributed by atoms with Crippen molar-refractivity contribution in [3.05, 3.63) is 108 Å². The van der Waals surface area contributed by atoms with Crippen LogP contribution in [0.2, 0.25) is 0 Å². The number of carbonyl (C=O) groups excluding carboxylic acids is 2. The van der Waals surface area contributed by atoms with E-state index in [-0.39, 0.29) is 11.8 Å². The predicted molar refractivity (Wildman–Crippen MR) is 134 cm³/mol. The molecular weight excluding hydrogens is 446 g/mol. The summed E-state index contributed by atoms with van der Waals surface area (Å²) in [6.45, 7) is 0. The molecule has 34 heavy (non-hydrogen) atoms. The molecule has 0 aliphatic rings. The van der Waals surface area contributed by atoms with Gasteiger partial charge in [0.2, 0.25) is 0 Å². The first-order valence-corrected chi connectivity index (χ1v) is 11.4. The van der Waals surface area contributed by atoms with E-state index in [0.717, 1.165) is 16.8 Å². The molecule has 0 unspecified atom stereocenters. The normalized spacial score (nSPS) is 10.6. The molecule has 0 atom stereocenters. The van der Waals surface area contributed by atoms with Crippen LogP contribution in [0.4, 0.5) is 10.8 Å². The Morgan fingerprint density at radius 2 is 1.47 bits per heavy atom. The van der Waals surface area contributed by atoms with E-state index in [1.165, 1.54) is 17.5 Å². The van der Waals surface area contributed by atoms with Gasteiger partial charge in [-0.15, -0.1) is 11.3 Å². The summed E-state index contributed by atoms with van der Waals surface area (Å²) >= 11 is 1.34. The molecule has 5 rings (SSSR count). The summed E-state index contributed by atoms with van der Waals surface area (Å²) in [6, 6.07) is 26.0. The molecule has 0 radical (unpaired) electrons. The summed E-state index contributed by atoms with van der Waals surface area (Å²) in [5.74, 6) is -0.450. The highest BCUT2D eigenvalue weighted by Gasteiger charge is 2.17. The molecule has 7 nitrogen and oxygen atoms in total. The lowest BCUT2D eigenvalue weighted by molar-refractivity contribution is 0.101. The summed E-state index contributed by atoms with van der Waals surface area (Å²) in [4.78, 5) is 29.7. The smallest absolute Gasteiger partial charge is 0.261 e. The van der Waals surface area contributed by atoms with E-state index >= 15 is 0 Å². The first-order chi connectivity index (χ1) is 16.7. The van der Waals surface area contributed by atoms with Crippen LogP contribution in [0.15, 0.2) is 96.5 Å². The molecule has 0 spiro atoms. The van der Waals surface area contributed by atoms with Gasteiger partial charge in [-0.05, 0) is 24.3 Å². The van der Waals surface area contributed by atoms with E-state index in [1.54, 1.807) is 12.1 Å². The molecular formula is C26H19N5O2S. The largest absolute Gasteiger partial charge is 0.322 e. The van der Waals surface area contributed by atoms with Gasteiger partial charge in [0.15, 0.2) is 5.13 Å². The van der Waals surface area contributed by atoms with E-state index < -0.39 is 0 Å². The fourth-order valence-corrected chi connectivity index (χ4v) is 4.14. The lowest BCUT2D eigenvalue weighted by Crippen LogP contribution is -2.12. The number of anilines is 2. The topological polar surface area (TPSA) is 99.8 Å². The van der Waals surface area contributed by atoms with Crippen LogP contribution in [0.3, 0.4) is 0 Å². The monoisotopic (exact) mass is 465 g/mol. The van der Waals surface area contributed by atoms with Crippen molar-refractivity contribution in [2.24, 2.45) is 0 Å². The third kappa shape index (κ3) is 4.62. The number of nitrogens with zero attached hydrogens (tertiary/aromatic N) is 2. The number of thiazole rings is 1. The van der Waals surface area contributed by atoms with Gasteiger partial charge in [0.25, 0.3) is 11.8 Å². The molecule has 2 amide bonds. The molecule has 0 saturated carbocycles. The maximum absolute atomic E-state index is 12.8. The van der Waals surface area contributed by atoms with Crippen molar-refractivity contribution < 1.29 is 9.59 Å². The molecule has 0 bridgehead atoms. The zero-order valence-electron chi connectivity index (χ0n) is 17.9. The quantitative estimate of drug-likeness (QED) is 0.299. The minimum absolute atomic E-state index is 0.166. The van der Waals surface area contributed by atoms with Crippen molar-refractivity contribution in [3.8, 4) is 22.5 Å². The van der Waals surface area contributed by atoms with Gasteiger partial charge in [0.1, 0.15) is 0 Å². The lowest BCUT2D eigenvalue weighted by Gasteiger charge is -2.06. The van der Waals surface area contributed by atoms with Gasteiger partial charge in [0.05, 0.1) is 23.1 Å². The third-order valence-corrected chi connectivity index (χ3v) is 5.90. The standard InChI is InChI=1S/C26H19N5O2S/c32-24(19-9-5-2-6-10-19)28-20-13-11-17(12-14-20)22-16-34-26(29-22)30-25(33)21-15-27-31-23(21)18-7-3-1-4-8-18/h1-16H,(H,27,31)(H,28,32)(H,29,30,33). The molecule has 0 aliphatic carbocycles. The Balaban J connectivity index is 1.26. The van der Waals surface area contributed by atoms with E-state index in [4.69, 9.17) is 0 Å². The number of benzene rings is 3. The zero-order chi connectivity index (χ0) is 23.3. The minimum Gasteiger partial charge on any atom is -0.322 e. The fraction of sp³-hybridized carbons (Fsp3) is 0. The summed E-state index contributed by atoms with van der Waals surface area (Å²) in [5.41, 5.74) is 4.88. The number of hydrogen-bond donors (Lipinski definition) is 3. The van der Waals surface area contributed by atoms with Crippen LogP contribution in [0.1, 0.15) is 20.7 Å². The maximum Gasteiger partial charge on any atom is 0.261 e. The Kier molecular flexibility index (Phi) is 5.96. The highest BCUT2D eigenvalue weighted by molar-refractivity contribution is 7.14. The van der Waals surface area contributed by atoms with Gasteiger partial charge < -0.3 is 5.32 Å². The maximum atomic E-state index is 12.8. The Morgan fingerprint density at radius 1 is 0.765 bits per heavy atom. The molecule has 8 heteroatoms. The summed E-state index contributed by atoms with van der Waals surface area (Å²) in [5, 5.41) is 15.0. The van der Waals surface area contributed by atoms with Gasteiger partial charge >= 0.3 is 0 Å². The van der Waals surface area contributed by atoms with Crippen LogP contribution in [0.5, 0.6) is 0 Å². The molecule has 5 aromatic rings. The van der Waals surface area contributed by atoms with Crippen LogP contribution in [-0.4, -0.2) is 27.0 Å². The molecule has 166 valence electrons. The third-order valence-electron chi connectivity index (χ3n) is 5.15. The van der Waals surface area contributed by atoms with Crippen molar-refractivity contribution in [2.45, 2.75) is 0 Å². The van der Waals surface area contributed by atoms with Crippen molar-refractivity contribution in [2.75, 3.05) is 10.6 Å². The van der Waals surface area contributed by atoms with Crippen molar-refractivity contribution in [3.63, 3.8) is 0 Å². The fourth-order valence-electron chi connectivity index (χ4n) is 3.43. The number of amides is 2. The minimum atomic E-state index is -0.285. The number of nitrogens with one attached hydrogen (secondary N) is 3. The van der Waals surface area contributed by atoms with Gasteiger partial charge in [-0.25, -0.2) is 4.98 Å². The van der Waals surface area contributed by atoms with Crippen LogP contribution in [-0.2, 0) is 0 Å². The molecule has 2 heterocycles. The highest BCUT2D eigenvalue weighted by atomic mass is 32.1. The first kappa shape index (κ1) is 21.3. The number of aromatic amines is 1. The number of hydrogen-bond acceptors (Lipinski definition) is 5. The Labute approximate surface area is 199 Å². The summed E-state index contributed by atoms with van der Waals surface area (Å²) in [7, 11) is 0. The molecule has 0 saturated heterocycles. The van der Waals surface area contributed by atoms with E-state index in [1.807, 2.05) is 78.2 Å². The molecule has 0 aliphatic heterocycles. The van der Waals surface area contributed by atoms with Crippen molar-refractivity contribution in [1.29, 1.82) is 0 Å². The number of carbonyl (C=O) groups is 2. The Bertz CT molecular complexity index is 1430. The van der Waals surface area contributed by atoms with E-state index in [2.05, 4.69) is 25.8 Å². The Hall–Kier alpha value is -4.56. The van der Waals surface area contributed by atoms with Crippen molar-refractivity contribution in [1.82, 2.24) is 15.2 Å². The van der Waals surface area contributed by atoms with Gasteiger partial charge in [-0.2, -0.15) is 5.10 Å². The van der Waals surface area contributed by atoms with Gasteiger partial charge in [-0.3, -0.25) is 20.0 Å². The first-order valence-electron chi connectivity index (χ1n) is 10.5. The second-order valence-electron chi connectivity index (χ2n) is 7.41.